The Morgan fingerprint density at radius 3 is 2.78 bits per heavy atom. The summed E-state index contributed by atoms with van der Waals surface area (Å²) < 4.78 is 0. The van der Waals surface area contributed by atoms with E-state index in [1.165, 1.54) is 0 Å². The molecule has 0 heterocycles. The molecule has 0 radical (unpaired) electrons. The van der Waals surface area contributed by atoms with Gasteiger partial charge in [-0.2, -0.15) is 5.10 Å². The van der Waals surface area contributed by atoms with Crippen LogP contribution in [0.1, 0.15) is 12.8 Å². The van der Waals surface area contributed by atoms with Crippen molar-refractivity contribution in [1.29, 1.82) is 0 Å². The topological polar surface area (TPSA) is 44.6 Å². The lowest BCUT2D eigenvalue weighted by atomic mass is 9.81. The fourth-order valence-corrected chi connectivity index (χ4v) is 1.07. The number of hydrogen-bond donors (Lipinski definition) is 2. The van der Waals surface area contributed by atoms with Crippen LogP contribution in [0.3, 0.4) is 0 Å². The molecule has 3 heteroatoms. The highest BCUT2D eigenvalue weighted by Gasteiger charge is 2.29. The molecule has 2 unspecified atom stereocenters. The molecular weight excluding hydrogens is 116 g/mol. The Morgan fingerprint density at radius 2 is 2.44 bits per heavy atom. The van der Waals surface area contributed by atoms with E-state index in [0.29, 0.717) is 12.0 Å². The van der Waals surface area contributed by atoms with Gasteiger partial charge < -0.3 is 10.5 Å². The van der Waals surface area contributed by atoms with Crippen molar-refractivity contribution >= 4 is 6.72 Å². The summed E-state index contributed by atoms with van der Waals surface area (Å²) in [5.41, 5.74) is 2.84. The summed E-state index contributed by atoms with van der Waals surface area (Å²) >= 11 is 0. The lowest BCUT2D eigenvalue weighted by Crippen LogP contribution is -2.43. The van der Waals surface area contributed by atoms with Crippen LogP contribution in [0.25, 0.3) is 0 Å². The van der Waals surface area contributed by atoms with E-state index < -0.39 is 0 Å². The first-order valence-electron chi connectivity index (χ1n) is 3.20. The molecule has 9 heavy (non-hydrogen) atoms. The smallest absolute Gasteiger partial charge is 0.0490 e. The predicted molar refractivity (Wildman–Crippen MR) is 36.3 cm³/mol. The van der Waals surface area contributed by atoms with Crippen LogP contribution in [0.2, 0.25) is 0 Å². The van der Waals surface area contributed by atoms with Gasteiger partial charge in [-0.15, -0.1) is 0 Å². The number of nitrogens with zero attached hydrogens (tertiary/aromatic N) is 1. The molecule has 1 aliphatic carbocycles. The molecule has 1 fully saturated rings. The minimum absolute atomic E-state index is 0.271. The van der Waals surface area contributed by atoms with E-state index in [0.717, 1.165) is 12.8 Å². The summed E-state index contributed by atoms with van der Waals surface area (Å²) in [7, 11) is 0. The van der Waals surface area contributed by atoms with E-state index in [4.69, 9.17) is 5.11 Å². The van der Waals surface area contributed by atoms with Crippen molar-refractivity contribution in [3.63, 3.8) is 0 Å². The average molecular weight is 128 g/mol. The Morgan fingerprint density at radius 1 is 1.67 bits per heavy atom. The van der Waals surface area contributed by atoms with Crippen molar-refractivity contribution in [1.82, 2.24) is 5.43 Å². The lowest BCUT2D eigenvalue weighted by Gasteiger charge is -2.34. The zero-order valence-corrected chi connectivity index (χ0v) is 5.38. The second-order valence-electron chi connectivity index (χ2n) is 2.41. The molecule has 1 saturated carbocycles. The SMILES string of the molecule is C=NNC1CCC1CO. The molecule has 0 spiro atoms. The van der Waals surface area contributed by atoms with Gasteiger partial charge in [-0.05, 0) is 12.8 Å². The molecule has 0 aromatic rings. The van der Waals surface area contributed by atoms with Gasteiger partial charge in [-0.1, -0.05) is 0 Å². The van der Waals surface area contributed by atoms with Crippen molar-refractivity contribution in [2.75, 3.05) is 6.61 Å². The highest BCUT2D eigenvalue weighted by molar-refractivity contribution is 5.22. The molecule has 0 aromatic carbocycles. The normalized spacial score (nSPS) is 33.0. The van der Waals surface area contributed by atoms with Gasteiger partial charge in [0.15, 0.2) is 0 Å². The van der Waals surface area contributed by atoms with Gasteiger partial charge in [0.2, 0.25) is 0 Å². The molecule has 1 rings (SSSR count). The zero-order valence-electron chi connectivity index (χ0n) is 5.38. The van der Waals surface area contributed by atoms with Crippen molar-refractivity contribution in [2.45, 2.75) is 18.9 Å². The lowest BCUT2D eigenvalue weighted by molar-refractivity contribution is 0.117. The molecule has 3 nitrogen and oxygen atoms in total. The molecule has 0 aromatic heterocycles. The number of aliphatic hydroxyl groups excluding tert-OH is 1. The summed E-state index contributed by atoms with van der Waals surface area (Å²) in [5, 5.41) is 12.2. The molecule has 0 bridgehead atoms. The van der Waals surface area contributed by atoms with Gasteiger partial charge in [-0.25, -0.2) is 0 Å². The minimum atomic E-state index is 0.271. The molecule has 2 atom stereocenters. The molecular formula is C6H12N2O. The Hall–Kier alpha value is -0.570. The van der Waals surface area contributed by atoms with E-state index in [1.54, 1.807) is 0 Å². The highest BCUT2D eigenvalue weighted by Crippen LogP contribution is 2.26. The fraction of sp³-hybridized carbons (Fsp3) is 0.833. The minimum Gasteiger partial charge on any atom is -0.396 e. The molecule has 0 saturated heterocycles. The molecule has 1 aliphatic rings. The second-order valence-corrected chi connectivity index (χ2v) is 2.41. The predicted octanol–water partition coefficient (Wildman–Crippen LogP) is -0.0375. The van der Waals surface area contributed by atoms with Crippen LogP contribution in [-0.2, 0) is 0 Å². The summed E-state index contributed by atoms with van der Waals surface area (Å²) in [6, 6.07) is 0.382. The maximum absolute atomic E-state index is 8.68. The van der Waals surface area contributed by atoms with Gasteiger partial charge >= 0.3 is 0 Å². The van der Waals surface area contributed by atoms with Crippen molar-refractivity contribution in [3.8, 4) is 0 Å². The Bertz CT molecular complexity index is 103. The number of nitrogens with one attached hydrogen (secondary N) is 1. The van der Waals surface area contributed by atoms with Crippen molar-refractivity contribution in [2.24, 2.45) is 11.0 Å². The monoisotopic (exact) mass is 128 g/mol. The third-order valence-electron chi connectivity index (χ3n) is 1.91. The molecule has 0 aliphatic heterocycles. The van der Waals surface area contributed by atoms with Crippen LogP contribution in [0.5, 0.6) is 0 Å². The van der Waals surface area contributed by atoms with E-state index in [2.05, 4.69) is 17.2 Å². The largest absolute Gasteiger partial charge is 0.396 e. The van der Waals surface area contributed by atoms with Crippen LogP contribution in [-0.4, -0.2) is 24.5 Å². The summed E-state index contributed by atoms with van der Waals surface area (Å²) in [5.74, 6) is 0.412. The van der Waals surface area contributed by atoms with E-state index in [-0.39, 0.29) is 6.61 Å². The molecule has 52 valence electrons. The number of hydrazone groups is 1. The van der Waals surface area contributed by atoms with Gasteiger partial charge in [-0.3, -0.25) is 0 Å². The van der Waals surface area contributed by atoms with Gasteiger partial charge in [0.25, 0.3) is 0 Å². The Labute approximate surface area is 54.8 Å². The standard InChI is InChI=1S/C6H12N2O/c1-7-8-6-3-2-5(6)4-9/h5-6,8-9H,1-4H2. The van der Waals surface area contributed by atoms with Crippen LogP contribution in [0, 0.1) is 5.92 Å². The number of rotatable bonds is 3. The number of hydrogen-bond acceptors (Lipinski definition) is 3. The van der Waals surface area contributed by atoms with E-state index >= 15 is 0 Å². The molecule has 2 N–H and O–H groups in total. The van der Waals surface area contributed by atoms with Crippen LogP contribution < -0.4 is 5.43 Å². The Balaban J connectivity index is 2.18. The van der Waals surface area contributed by atoms with Crippen LogP contribution >= 0.6 is 0 Å². The number of aliphatic hydroxyl groups is 1. The van der Waals surface area contributed by atoms with Crippen LogP contribution in [0.15, 0.2) is 5.10 Å². The van der Waals surface area contributed by atoms with Crippen LogP contribution in [0.4, 0.5) is 0 Å². The summed E-state index contributed by atoms with van der Waals surface area (Å²) in [4.78, 5) is 0. The quantitative estimate of drug-likeness (QED) is 0.414. The Kier molecular flexibility index (Phi) is 2.05. The summed E-state index contributed by atoms with van der Waals surface area (Å²) in [6.07, 6.45) is 2.23. The maximum Gasteiger partial charge on any atom is 0.0490 e. The van der Waals surface area contributed by atoms with Crippen molar-refractivity contribution < 1.29 is 5.11 Å². The summed E-state index contributed by atoms with van der Waals surface area (Å²) in [6.45, 7) is 3.58. The average Bonchev–Trinajstić information content (AvgIpc) is 1.82. The first-order valence-corrected chi connectivity index (χ1v) is 3.20. The van der Waals surface area contributed by atoms with Gasteiger partial charge in [0.05, 0.1) is 0 Å². The third kappa shape index (κ3) is 1.21. The third-order valence-corrected chi connectivity index (χ3v) is 1.91. The first-order chi connectivity index (χ1) is 4.38. The highest BCUT2D eigenvalue weighted by atomic mass is 16.3. The second kappa shape index (κ2) is 2.82. The maximum atomic E-state index is 8.68. The van der Waals surface area contributed by atoms with E-state index in [9.17, 15) is 0 Å². The molecule has 0 amide bonds. The first kappa shape index (κ1) is 6.55. The zero-order chi connectivity index (χ0) is 6.69. The fourth-order valence-electron chi connectivity index (χ4n) is 1.07. The van der Waals surface area contributed by atoms with Crippen molar-refractivity contribution in [3.05, 3.63) is 0 Å². The van der Waals surface area contributed by atoms with Gasteiger partial charge in [0, 0.05) is 25.3 Å². The van der Waals surface area contributed by atoms with E-state index in [1.807, 2.05) is 0 Å². The van der Waals surface area contributed by atoms with Gasteiger partial charge in [0.1, 0.15) is 0 Å².